The van der Waals surface area contributed by atoms with Crippen LogP contribution in [0.4, 0.5) is 0 Å². The maximum absolute atomic E-state index is 5.25. The van der Waals surface area contributed by atoms with Gasteiger partial charge < -0.3 is 9.73 Å². The molecule has 0 unspecified atom stereocenters. The van der Waals surface area contributed by atoms with E-state index in [1.807, 2.05) is 12.1 Å². The number of furan rings is 1. The first-order chi connectivity index (χ1) is 7.75. The van der Waals surface area contributed by atoms with Gasteiger partial charge >= 0.3 is 0 Å². The van der Waals surface area contributed by atoms with Crippen molar-refractivity contribution in [3.05, 3.63) is 56.0 Å². The minimum atomic E-state index is 0.755. The Hall–Kier alpha value is -0.330. The highest BCUT2D eigenvalue weighted by atomic mass is 127. The normalized spacial score (nSPS) is 10.6. The molecule has 0 amide bonds. The van der Waals surface area contributed by atoms with Crippen molar-refractivity contribution in [2.45, 2.75) is 13.1 Å². The Labute approximate surface area is 117 Å². The molecule has 0 bridgehead atoms. The first kappa shape index (κ1) is 12.1. The Balaban J connectivity index is 1.92. The summed E-state index contributed by atoms with van der Waals surface area (Å²) in [6.07, 6.45) is 1.69. The van der Waals surface area contributed by atoms with Crippen LogP contribution in [-0.4, -0.2) is 0 Å². The van der Waals surface area contributed by atoms with Gasteiger partial charge in [0.25, 0.3) is 0 Å². The van der Waals surface area contributed by atoms with Crippen LogP contribution in [0, 0.1) is 3.57 Å². The van der Waals surface area contributed by atoms with Crippen molar-refractivity contribution in [2.24, 2.45) is 0 Å². The zero-order chi connectivity index (χ0) is 11.4. The van der Waals surface area contributed by atoms with Crippen molar-refractivity contribution < 1.29 is 4.42 Å². The molecule has 84 valence electrons. The fourth-order valence-electron chi connectivity index (χ4n) is 1.41. The van der Waals surface area contributed by atoms with E-state index in [9.17, 15) is 0 Å². The van der Waals surface area contributed by atoms with Gasteiger partial charge in [0.05, 0.1) is 12.8 Å². The van der Waals surface area contributed by atoms with Crippen LogP contribution in [-0.2, 0) is 13.1 Å². The molecule has 0 spiro atoms. The van der Waals surface area contributed by atoms with Crippen LogP contribution in [0.2, 0.25) is 0 Å². The van der Waals surface area contributed by atoms with Crippen LogP contribution in [0.3, 0.4) is 0 Å². The first-order valence-corrected chi connectivity index (χ1v) is 6.80. The Morgan fingerprint density at radius 3 is 2.88 bits per heavy atom. The van der Waals surface area contributed by atoms with E-state index in [1.165, 1.54) is 9.13 Å². The summed E-state index contributed by atoms with van der Waals surface area (Å²) >= 11 is 5.86. The molecule has 0 saturated heterocycles. The number of halogens is 2. The molecule has 0 aliphatic rings. The molecule has 0 aliphatic carbocycles. The second-order valence-electron chi connectivity index (χ2n) is 3.42. The van der Waals surface area contributed by atoms with Crippen LogP contribution in [0.25, 0.3) is 0 Å². The largest absolute Gasteiger partial charge is 0.468 e. The van der Waals surface area contributed by atoms with Crippen LogP contribution in [0.1, 0.15) is 11.3 Å². The van der Waals surface area contributed by atoms with Gasteiger partial charge in [-0.1, -0.05) is 15.9 Å². The molecule has 0 atom stereocenters. The molecule has 4 heteroatoms. The van der Waals surface area contributed by atoms with Crippen LogP contribution in [0.5, 0.6) is 0 Å². The average molecular weight is 392 g/mol. The Kier molecular flexibility index (Phi) is 4.43. The standard InChI is InChI=1S/C12H11BrINO/c13-12-4-3-10(14)6-9(12)7-15-8-11-2-1-5-16-11/h1-6,15H,7-8H2. The van der Waals surface area contributed by atoms with Crippen LogP contribution < -0.4 is 5.32 Å². The Morgan fingerprint density at radius 2 is 2.12 bits per heavy atom. The van der Waals surface area contributed by atoms with Gasteiger partial charge in [-0.05, 0) is 58.5 Å². The number of nitrogens with one attached hydrogen (secondary N) is 1. The molecule has 0 fully saturated rings. The summed E-state index contributed by atoms with van der Waals surface area (Å²) in [4.78, 5) is 0. The summed E-state index contributed by atoms with van der Waals surface area (Å²) in [6, 6.07) is 10.2. The van der Waals surface area contributed by atoms with E-state index >= 15 is 0 Å². The van der Waals surface area contributed by atoms with E-state index in [1.54, 1.807) is 6.26 Å². The lowest BCUT2D eigenvalue weighted by Gasteiger charge is -2.06. The lowest BCUT2D eigenvalue weighted by atomic mass is 10.2. The molecule has 1 N–H and O–H groups in total. The molecular weight excluding hydrogens is 381 g/mol. The lowest BCUT2D eigenvalue weighted by Crippen LogP contribution is -2.12. The smallest absolute Gasteiger partial charge is 0.117 e. The lowest BCUT2D eigenvalue weighted by molar-refractivity contribution is 0.483. The zero-order valence-corrected chi connectivity index (χ0v) is 12.3. The van der Waals surface area contributed by atoms with E-state index in [-0.39, 0.29) is 0 Å². The minimum absolute atomic E-state index is 0.755. The topological polar surface area (TPSA) is 25.2 Å². The molecule has 1 aromatic carbocycles. The molecule has 2 aromatic rings. The predicted octanol–water partition coefficient (Wildman–Crippen LogP) is 3.94. The number of hydrogen-bond donors (Lipinski definition) is 1. The van der Waals surface area contributed by atoms with E-state index < -0.39 is 0 Å². The molecule has 0 saturated carbocycles. The van der Waals surface area contributed by atoms with Crippen LogP contribution in [0.15, 0.2) is 45.5 Å². The molecule has 0 aliphatic heterocycles. The second-order valence-corrected chi connectivity index (χ2v) is 5.52. The fraction of sp³-hybridized carbons (Fsp3) is 0.167. The monoisotopic (exact) mass is 391 g/mol. The highest BCUT2D eigenvalue weighted by Gasteiger charge is 2.01. The van der Waals surface area contributed by atoms with Crippen LogP contribution >= 0.6 is 38.5 Å². The molecule has 16 heavy (non-hydrogen) atoms. The number of rotatable bonds is 4. The highest BCUT2D eigenvalue weighted by Crippen LogP contribution is 2.19. The molecule has 1 aromatic heterocycles. The quantitative estimate of drug-likeness (QED) is 0.798. The predicted molar refractivity (Wildman–Crippen MR) is 76.1 cm³/mol. The summed E-state index contributed by atoms with van der Waals surface area (Å²) in [5.74, 6) is 0.960. The van der Waals surface area contributed by atoms with Crippen molar-refractivity contribution in [3.63, 3.8) is 0 Å². The van der Waals surface area contributed by atoms with E-state index in [0.29, 0.717) is 0 Å². The number of benzene rings is 1. The van der Waals surface area contributed by atoms with Gasteiger partial charge in [-0.3, -0.25) is 0 Å². The third-order valence-electron chi connectivity index (χ3n) is 2.20. The van der Waals surface area contributed by atoms with Gasteiger partial charge in [-0.25, -0.2) is 0 Å². The molecular formula is C12H11BrINO. The Morgan fingerprint density at radius 1 is 1.25 bits per heavy atom. The van der Waals surface area contributed by atoms with E-state index in [4.69, 9.17) is 4.42 Å². The van der Waals surface area contributed by atoms with Gasteiger partial charge in [0, 0.05) is 14.6 Å². The SMILES string of the molecule is Brc1ccc(I)cc1CNCc1ccco1. The molecule has 2 rings (SSSR count). The highest BCUT2D eigenvalue weighted by molar-refractivity contribution is 14.1. The summed E-state index contributed by atoms with van der Waals surface area (Å²) in [5, 5.41) is 3.35. The van der Waals surface area contributed by atoms with Crippen molar-refractivity contribution >= 4 is 38.5 Å². The first-order valence-electron chi connectivity index (χ1n) is 4.93. The summed E-state index contributed by atoms with van der Waals surface area (Å²) < 4.78 is 7.63. The van der Waals surface area contributed by atoms with E-state index in [0.717, 1.165) is 23.3 Å². The average Bonchev–Trinajstić information content (AvgIpc) is 2.76. The van der Waals surface area contributed by atoms with Crippen molar-refractivity contribution in [1.29, 1.82) is 0 Å². The van der Waals surface area contributed by atoms with Crippen molar-refractivity contribution in [2.75, 3.05) is 0 Å². The fourth-order valence-corrected chi connectivity index (χ4v) is 2.35. The molecule has 1 heterocycles. The van der Waals surface area contributed by atoms with Gasteiger partial charge in [-0.15, -0.1) is 0 Å². The van der Waals surface area contributed by atoms with Gasteiger partial charge in [0.1, 0.15) is 5.76 Å². The number of hydrogen-bond acceptors (Lipinski definition) is 2. The molecule has 0 radical (unpaired) electrons. The van der Waals surface area contributed by atoms with Gasteiger partial charge in [0.15, 0.2) is 0 Å². The van der Waals surface area contributed by atoms with Gasteiger partial charge in [0.2, 0.25) is 0 Å². The van der Waals surface area contributed by atoms with Crippen molar-refractivity contribution in [3.8, 4) is 0 Å². The summed E-state index contributed by atoms with van der Waals surface area (Å²) in [7, 11) is 0. The van der Waals surface area contributed by atoms with Gasteiger partial charge in [-0.2, -0.15) is 0 Å². The summed E-state index contributed by atoms with van der Waals surface area (Å²) in [6.45, 7) is 1.59. The summed E-state index contributed by atoms with van der Waals surface area (Å²) in [5.41, 5.74) is 1.26. The maximum atomic E-state index is 5.25. The maximum Gasteiger partial charge on any atom is 0.117 e. The zero-order valence-electron chi connectivity index (χ0n) is 8.54. The second kappa shape index (κ2) is 5.84. The van der Waals surface area contributed by atoms with Crippen molar-refractivity contribution in [1.82, 2.24) is 5.32 Å². The molecule has 2 nitrogen and oxygen atoms in total. The minimum Gasteiger partial charge on any atom is -0.468 e. The third kappa shape index (κ3) is 3.33. The van der Waals surface area contributed by atoms with E-state index in [2.05, 4.69) is 62.0 Å². The third-order valence-corrected chi connectivity index (χ3v) is 3.65. The Bertz CT molecular complexity index is 456.